The highest BCUT2D eigenvalue weighted by Gasteiger charge is 2.29. The maximum Gasteiger partial charge on any atom is 0.130 e. The van der Waals surface area contributed by atoms with Crippen LogP contribution in [0.3, 0.4) is 0 Å². The van der Waals surface area contributed by atoms with E-state index in [0.717, 1.165) is 13.2 Å². The van der Waals surface area contributed by atoms with E-state index in [0.29, 0.717) is 18.6 Å². The van der Waals surface area contributed by atoms with Crippen LogP contribution >= 0.6 is 0 Å². The van der Waals surface area contributed by atoms with Crippen molar-refractivity contribution in [1.29, 1.82) is 0 Å². The van der Waals surface area contributed by atoms with Crippen LogP contribution in [-0.2, 0) is 4.74 Å². The van der Waals surface area contributed by atoms with Gasteiger partial charge in [-0.15, -0.1) is 0 Å². The Balaban J connectivity index is 2.41. The van der Waals surface area contributed by atoms with Gasteiger partial charge in [-0.2, -0.15) is 0 Å². The highest BCUT2D eigenvalue weighted by molar-refractivity contribution is 5.08. The van der Waals surface area contributed by atoms with Gasteiger partial charge in [0.2, 0.25) is 0 Å². The average molecular weight is 187 g/mol. The molecule has 0 aliphatic carbocycles. The lowest BCUT2D eigenvalue weighted by molar-refractivity contribution is 0.0561. The Hall–Kier alpha value is -0.410. The van der Waals surface area contributed by atoms with Gasteiger partial charge in [0.15, 0.2) is 0 Å². The predicted octanol–water partition coefficient (Wildman–Crippen LogP) is 1.67. The van der Waals surface area contributed by atoms with E-state index in [1.807, 2.05) is 0 Å². The fourth-order valence-electron chi connectivity index (χ4n) is 1.39. The van der Waals surface area contributed by atoms with Gasteiger partial charge in [-0.3, -0.25) is 0 Å². The summed E-state index contributed by atoms with van der Waals surface area (Å²) in [7, 11) is 0. The smallest absolute Gasteiger partial charge is 0.130 e. The van der Waals surface area contributed by atoms with E-state index in [1.165, 1.54) is 0 Å². The molecule has 0 saturated carbocycles. The van der Waals surface area contributed by atoms with E-state index in [-0.39, 0.29) is 6.04 Å². The highest BCUT2D eigenvalue weighted by Crippen LogP contribution is 2.25. The summed E-state index contributed by atoms with van der Waals surface area (Å²) >= 11 is 0. The Bertz CT molecular complexity index is 185. The first-order valence-corrected chi connectivity index (χ1v) is 4.68. The molecule has 2 nitrogen and oxygen atoms in total. The van der Waals surface area contributed by atoms with Gasteiger partial charge in [-0.1, -0.05) is 6.58 Å². The SMILES string of the molecule is C=C(C)C(C)(F)CC1COCCN1. The summed E-state index contributed by atoms with van der Waals surface area (Å²) in [6.45, 7) is 9.10. The van der Waals surface area contributed by atoms with Crippen molar-refractivity contribution in [3.8, 4) is 0 Å². The summed E-state index contributed by atoms with van der Waals surface area (Å²) in [4.78, 5) is 0. The largest absolute Gasteiger partial charge is 0.379 e. The molecular formula is C10H18FNO. The molecule has 3 heteroatoms. The molecule has 0 amide bonds. The Morgan fingerprint density at radius 3 is 2.92 bits per heavy atom. The van der Waals surface area contributed by atoms with Crippen LogP contribution in [0.4, 0.5) is 4.39 Å². The van der Waals surface area contributed by atoms with Gasteiger partial charge < -0.3 is 10.1 Å². The number of hydrogen-bond donors (Lipinski definition) is 1. The molecule has 2 unspecified atom stereocenters. The minimum Gasteiger partial charge on any atom is -0.379 e. The molecule has 0 aromatic carbocycles. The molecule has 1 aliphatic rings. The third-order valence-electron chi connectivity index (χ3n) is 2.52. The second kappa shape index (κ2) is 4.20. The quantitative estimate of drug-likeness (QED) is 0.679. The van der Waals surface area contributed by atoms with Crippen LogP contribution in [0.2, 0.25) is 0 Å². The Kier molecular flexibility index (Phi) is 3.45. The van der Waals surface area contributed by atoms with Gasteiger partial charge in [0.25, 0.3) is 0 Å². The molecular weight excluding hydrogens is 169 g/mol. The van der Waals surface area contributed by atoms with E-state index >= 15 is 0 Å². The molecule has 0 radical (unpaired) electrons. The summed E-state index contributed by atoms with van der Waals surface area (Å²) in [6.07, 6.45) is 0.447. The first-order chi connectivity index (χ1) is 6.02. The molecule has 1 fully saturated rings. The molecule has 0 aromatic rings. The van der Waals surface area contributed by atoms with Gasteiger partial charge in [-0.05, 0) is 19.4 Å². The van der Waals surface area contributed by atoms with Crippen LogP contribution in [0.25, 0.3) is 0 Å². The number of nitrogens with one attached hydrogen (secondary N) is 1. The Labute approximate surface area is 79.2 Å². The van der Waals surface area contributed by atoms with E-state index in [9.17, 15) is 4.39 Å². The van der Waals surface area contributed by atoms with Gasteiger partial charge >= 0.3 is 0 Å². The zero-order chi connectivity index (χ0) is 9.90. The molecule has 1 heterocycles. The highest BCUT2D eigenvalue weighted by atomic mass is 19.1. The number of hydrogen-bond acceptors (Lipinski definition) is 2. The number of ether oxygens (including phenoxy) is 1. The molecule has 0 spiro atoms. The van der Waals surface area contributed by atoms with Crippen LogP contribution in [-0.4, -0.2) is 31.5 Å². The number of allylic oxidation sites excluding steroid dienone is 1. The van der Waals surface area contributed by atoms with Crippen molar-refractivity contribution in [3.63, 3.8) is 0 Å². The van der Waals surface area contributed by atoms with Gasteiger partial charge in [0.05, 0.1) is 13.2 Å². The first kappa shape index (κ1) is 10.7. The normalized spacial score (nSPS) is 28.1. The summed E-state index contributed by atoms with van der Waals surface area (Å²) < 4.78 is 19.1. The molecule has 0 bridgehead atoms. The molecule has 2 atom stereocenters. The zero-order valence-corrected chi connectivity index (χ0v) is 8.40. The van der Waals surface area contributed by atoms with E-state index < -0.39 is 5.67 Å². The molecule has 0 aromatic heterocycles. The van der Waals surface area contributed by atoms with Crippen LogP contribution in [0.1, 0.15) is 20.3 Å². The summed E-state index contributed by atoms with van der Waals surface area (Å²) in [5.74, 6) is 0. The first-order valence-electron chi connectivity index (χ1n) is 4.68. The predicted molar refractivity (Wildman–Crippen MR) is 51.6 cm³/mol. The molecule has 1 saturated heterocycles. The standard InChI is InChI=1S/C10H18FNO/c1-8(2)10(3,11)6-9-7-13-5-4-12-9/h9,12H,1,4-7H2,2-3H3. The Morgan fingerprint density at radius 2 is 2.46 bits per heavy atom. The lowest BCUT2D eigenvalue weighted by Crippen LogP contribution is -2.45. The lowest BCUT2D eigenvalue weighted by Gasteiger charge is -2.30. The summed E-state index contributed by atoms with van der Waals surface area (Å²) in [5.41, 5.74) is -0.696. The minimum atomic E-state index is -1.28. The fraction of sp³-hybridized carbons (Fsp3) is 0.800. The van der Waals surface area contributed by atoms with Crippen molar-refractivity contribution in [2.45, 2.75) is 32.0 Å². The molecule has 1 rings (SSSR count). The number of morpholine rings is 1. The van der Waals surface area contributed by atoms with Crippen molar-refractivity contribution in [3.05, 3.63) is 12.2 Å². The van der Waals surface area contributed by atoms with Crippen LogP contribution in [0, 0.1) is 0 Å². The minimum absolute atomic E-state index is 0.125. The van der Waals surface area contributed by atoms with E-state index in [4.69, 9.17) is 4.74 Å². The third-order valence-corrected chi connectivity index (χ3v) is 2.52. The fourth-order valence-corrected chi connectivity index (χ4v) is 1.39. The third kappa shape index (κ3) is 3.08. The molecule has 76 valence electrons. The van der Waals surface area contributed by atoms with Crippen molar-refractivity contribution < 1.29 is 9.13 Å². The Morgan fingerprint density at radius 1 is 1.77 bits per heavy atom. The van der Waals surface area contributed by atoms with E-state index in [2.05, 4.69) is 11.9 Å². The second-order valence-electron chi connectivity index (χ2n) is 3.91. The average Bonchev–Trinajstić information content (AvgIpc) is 2.05. The number of alkyl halides is 1. The monoisotopic (exact) mass is 187 g/mol. The van der Waals surface area contributed by atoms with Crippen molar-refractivity contribution in [2.75, 3.05) is 19.8 Å². The van der Waals surface area contributed by atoms with E-state index in [1.54, 1.807) is 13.8 Å². The topological polar surface area (TPSA) is 21.3 Å². The van der Waals surface area contributed by atoms with Crippen LogP contribution in [0.5, 0.6) is 0 Å². The molecule has 1 N–H and O–H groups in total. The maximum atomic E-state index is 13.8. The molecule has 1 aliphatic heterocycles. The zero-order valence-electron chi connectivity index (χ0n) is 8.40. The maximum absolute atomic E-state index is 13.8. The van der Waals surface area contributed by atoms with Crippen molar-refractivity contribution >= 4 is 0 Å². The summed E-state index contributed by atoms with van der Waals surface area (Å²) in [6, 6.07) is 0.125. The van der Waals surface area contributed by atoms with Gasteiger partial charge in [0.1, 0.15) is 5.67 Å². The van der Waals surface area contributed by atoms with Gasteiger partial charge in [0, 0.05) is 19.0 Å². The van der Waals surface area contributed by atoms with Crippen molar-refractivity contribution in [1.82, 2.24) is 5.32 Å². The number of rotatable bonds is 3. The summed E-state index contributed by atoms with van der Waals surface area (Å²) in [5, 5.41) is 3.22. The van der Waals surface area contributed by atoms with Crippen LogP contribution in [0.15, 0.2) is 12.2 Å². The van der Waals surface area contributed by atoms with Crippen LogP contribution < -0.4 is 5.32 Å². The lowest BCUT2D eigenvalue weighted by atomic mass is 9.92. The van der Waals surface area contributed by atoms with Crippen molar-refractivity contribution in [2.24, 2.45) is 0 Å². The molecule has 13 heavy (non-hydrogen) atoms. The second-order valence-corrected chi connectivity index (χ2v) is 3.91. The number of halogens is 1. The van der Waals surface area contributed by atoms with Gasteiger partial charge in [-0.25, -0.2) is 4.39 Å².